The normalized spacial score (nSPS) is 17.2. The molecule has 0 bridgehead atoms. The third-order valence-electron chi connectivity index (χ3n) is 5.18. The van der Waals surface area contributed by atoms with Crippen molar-refractivity contribution in [1.29, 1.82) is 0 Å². The van der Waals surface area contributed by atoms with Crippen molar-refractivity contribution in [3.8, 4) is 5.75 Å². The lowest BCUT2D eigenvalue weighted by Crippen LogP contribution is -2.19. The van der Waals surface area contributed by atoms with Crippen LogP contribution < -0.4 is 4.74 Å². The molecular formula is C24H28N2O2. The summed E-state index contributed by atoms with van der Waals surface area (Å²) in [5.41, 5.74) is 5.00. The molecule has 1 aromatic carbocycles. The summed E-state index contributed by atoms with van der Waals surface area (Å²) >= 11 is 0. The molecule has 2 aromatic rings. The van der Waals surface area contributed by atoms with Crippen LogP contribution in [0.2, 0.25) is 0 Å². The van der Waals surface area contributed by atoms with Gasteiger partial charge in [-0.15, -0.1) is 0 Å². The van der Waals surface area contributed by atoms with E-state index in [1.807, 2.05) is 31.2 Å². The minimum absolute atomic E-state index is 0.193. The summed E-state index contributed by atoms with van der Waals surface area (Å²) in [6, 6.07) is 8.98. The highest BCUT2D eigenvalue weighted by Gasteiger charge is 2.26. The van der Waals surface area contributed by atoms with Gasteiger partial charge in [-0.1, -0.05) is 49.8 Å². The second kappa shape index (κ2) is 8.42. The van der Waals surface area contributed by atoms with Crippen LogP contribution in [0.3, 0.4) is 0 Å². The van der Waals surface area contributed by atoms with Crippen molar-refractivity contribution in [2.24, 2.45) is 5.41 Å². The van der Waals surface area contributed by atoms with Crippen LogP contribution in [-0.2, 0) is 0 Å². The number of hydrogen-bond donors (Lipinski definition) is 1. The highest BCUT2D eigenvalue weighted by atomic mass is 16.5. The number of esters is 1. The van der Waals surface area contributed by atoms with Gasteiger partial charge in [-0.3, -0.25) is 0 Å². The predicted molar refractivity (Wildman–Crippen MR) is 113 cm³/mol. The van der Waals surface area contributed by atoms with Gasteiger partial charge in [0.15, 0.2) is 0 Å². The van der Waals surface area contributed by atoms with Gasteiger partial charge in [0.25, 0.3) is 0 Å². The maximum atomic E-state index is 12.2. The van der Waals surface area contributed by atoms with Crippen molar-refractivity contribution in [3.05, 3.63) is 76.9 Å². The molecule has 0 saturated heterocycles. The Balaban J connectivity index is 1.69. The molecule has 0 atom stereocenters. The number of allylic oxidation sites excluding steroid dienone is 5. The fraction of sp³-hybridized carbons (Fsp3) is 0.333. The van der Waals surface area contributed by atoms with E-state index >= 15 is 0 Å². The van der Waals surface area contributed by atoms with Crippen LogP contribution in [0.4, 0.5) is 0 Å². The van der Waals surface area contributed by atoms with E-state index in [0.29, 0.717) is 5.75 Å². The Morgan fingerprint density at radius 3 is 2.71 bits per heavy atom. The van der Waals surface area contributed by atoms with Crippen molar-refractivity contribution in [2.75, 3.05) is 0 Å². The molecule has 1 aromatic heterocycles. The number of rotatable bonds is 5. The highest BCUT2D eigenvalue weighted by Crippen LogP contribution is 2.40. The predicted octanol–water partition coefficient (Wildman–Crippen LogP) is 6.12. The fourth-order valence-electron chi connectivity index (χ4n) is 3.67. The molecular weight excluding hydrogens is 348 g/mol. The average molecular weight is 377 g/mol. The minimum Gasteiger partial charge on any atom is -0.421 e. The molecule has 4 heteroatoms. The van der Waals surface area contributed by atoms with Gasteiger partial charge in [0.05, 0.1) is 11.9 Å². The van der Waals surface area contributed by atoms with E-state index in [1.165, 1.54) is 30.4 Å². The van der Waals surface area contributed by atoms with Gasteiger partial charge >= 0.3 is 5.97 Å². The third kappa shape index (κ3) is 4.89. The Morgan fingerprint density at radius 1 is 1.25 bits per heavy atom. The molecule has 0 amide bonds. The summed E-state index contributed by atoms with van der Waals surface area (Å²) in [7, 11) is 0. The smallest absolute Gasteiger partial charge is 0.379 e. The molecule has 0 unspecified atom stereocenters. The standard InChI is InChI=1S/C24H28N2O2/c1-17(12-13-21-18(2)9-8-14-24(21,3)4)15-19-16-25-22(26-19)23(27)28-20-10-6-5-7-11-20/h5-7,10-13,15-16H,8-9,14H2,1-4H3,(H,25,26)/b13-12?,17-15+. The molecule has 1 aliphatic rings. The number of para-hydroxylation sites is 1. The second-order valence-electron chi connectivity index (χ2n) is 8.04. The van der Waals surface area contributed by atoms with Crippen LogP contribution in [0.1, 0.15) is 63.3 Å². The number of H-pyrrole nitrogens is 1. The minimum atomic E-state index is -0.496. The summed E-state index contributed by atoms with van der Waals surface area (Å²) < 4.78 is 5.31. The first-order valence-electron chi connectivity index (χ1n) is 9.74. The molecule has 1 N–H and O–H groups in total. The van der Waals surface area contributed by atoms with E-state index in [4.69, 9.17) is 4.74 Å². The second-order valence-corrected chi connectivity index (χ2v) is 8.04. The average Bonchev–Trinajstić information content (AvgIpc) is 3.10. The fourth-order valence-corrected chi connectivity index (χ4v) is 3.67. The number of nitrogens with zero attached hydrogens (tertiary/aromatic N) is 1. The molecule has 28 heavy (non-hydrogen) atoms. The first kappa shape index (κ1) is 19.9. The van der Waals surface area contributed by atoms with Crippen molar-refractivity contribution < 1.29 is 9.53 Å². The van der Waals surface area contributed by atoms with E-state index in [9.17, 15) is 4.79 Å². The first-order chi connectivity index (χ1) is 13.3. The van der Waals surface area contributed by atoms with Crippen LogP contribution >= 0.6 is 0 Å². The van der Waals surface area contributed by atoms with Gasteiger partial charge in [0.2, 0.25) is 5.82 Å². The number of carbonyl (C=O) groups excluding carboxylic acids is 1. The Bertz CT molecular complexity index is 931. The lowest BCUT2D eigenvalue weighted by atomic mass is 9.72. The molecule has 3 rings (SSSR count). The Labute approximate surface area is 167 Å². The van der Waals surface area contributed by atoms with E-state index < -0.39 is 5.97 Å². The van der Waals surface area contributed by atoms with Gasteiger partial charge < -0.3 is 9.72 Å². The van der Waals surface area contributed by atoms with Crippen molar-refractivity contribution in [1.82, 2.24) is 9.97 Å². The summed E-state index contributed by atoms with van der Waals surface area (Å²) in [5.74, 6) is 0.196. The van der Waals surface area contributed by atoms with E-state index in [2.05, 4.69) is 42.9 Å². The Morgan fingerprint density at radius 2 is 2.00 bits per heavy atom. The number of hydrogen-bond acceptors (Lipinski definition) is 3. The number of aromatic amines is 1. The molecule has 146 valence electrons. The number of benzene rings is 1. The van der Waals surface area contributed by atoms with E-state index in [1.54, 1.807) is 18.3 Å². The number of ether oxygens (including phenoxy) is 1. The van der Waals surface area contributed by atoms with Crippen LogP contribution in [-0.4, -0.2) is 15.9 Å². The quantitative estimate of drug-likeness (QED) is 0.389. The number of aromatic nitrogens is 2. The first-order valence-corrected chi connectivity index (χ1v) is 9.74. The van der Waals surface area contributed by atoms with Crippen molar-refractivity contribution in [3.63, 3.8) is 0 Å². The van der Waals surface area contributed by atoms with Crippen molar-refractivity contribution >= 4 is 12.0 Å². The zero-order valence-corrected chi connectivity index (χ0v) is 17.1. The molecule has 4 nitrogen and oxygen atoms in total. The molecule has 0 fully saturated rings. The molecule has 1 heterocycles. The molecule has 0 radical (unpaired) electrons. The van der Waals surface area contributed by atoms with Crippen LogP contribution in [0.15, 0.2) is 65.4 Å². The van der Waals surface area contributed by atoms with Gasteiger partial charge in [0, 0.05) is 0 Å². The molecule has 1 aliphatic carbocycles. The maximum Gasteiger partial charge on any atom is 0.379 e. The number of nitrogens with one attached hydrogen (secondary N) is 1. The van der Waals surface area contributed by atoms with E-state index in [-0.39, 0.29) is 11.2 Å². The van der Waals surface area contributed by atoms with Crippen LogP contribution in [0, 0.1) is 5.41 Å². The number of imidazole rings is 1. The van der Waals surface area contributed by atoms with Gasteiger partial charge in [-0.2, -0.15) is 0 Å². The topological polar surface area (TPSA) is 55.0 Å². The van der Waals surface area contributed by atoms with Gasteiger partial charge in [0.1, 0.15) is 5.75 Å². The van der Waals surface area contributed by atoms with Crippen LogP contribution in [0.25, 0.3) is 6.08 Å². The monoisotopic (exact) mass is 376 g/mol. The van der Waals surface area contributed by atoms with Crippen molar-refractivity contribution in [2.45, 2.75) is 47.0 Å². The maximum absolute atomic E-state index is 12.2. The van der Waals surface area contributed by atoms with Crippen LogP contribution in [0.5, 0.6) is 5.75 Å². The van der Waals surface area contributed by atoms with Gasteiger partial charge in [-0.25, -0.2) is 9.78 Å². The number of carbonyl (C=O) groups is 1. The highest BCUT2D eigenvalue weighted by molar-refractivity contribution is 5.87. The largest absolute Gasteiger partial charge is 0.421 e. The van der Waals surface area contributed by atoms with Gasteiger partial charge in [-0.05, 0) is 67.9 Å². The molecule has 0 aliphatic heterocycles. The zero-order chi connectivity index (χ0) is 20.1. The molecule has 0 spiro atoms. The zero-order valence-electron chi connectivity index (χ0n) is 17.1. The summed E-state index contributed by atoms with van der Waals surface area (Å²) in [5, 5.41) is 0. The lowest BCUT2D eigenvalue weighted by Gasteiger charge is -2.32. The summed E-state index contributed by atoms with van der Waals surface area (Å²) in [4.78, 5) is 19.4. The Hall–Kier alpha value is -2.88. The summed E-state index contributed by atoms with van der Waals surface area (Å²) in [6.45, 7) is 8.91. The van der Waals surface area contributed by atoms with E-state index in [0.717, 1.165) is 11.3 Å². The molecule has 0 saturated carbocycles. The third-order valence-corrected chi connectivity index (χ3v) is 5.18. The summed E-state index contributed by atoms with van der Waals surface area (Å²) in [6.07, 6.45) is 11.7. The SMILES string of the molecule is CC1=C(C=C/C(C)=C/c2cnc(C(=O)Oc3ccccc3)[nH]2)C(C)(C)CCC1. The lowest BCUT2D eigenvalue weighted by molar-refractivity contribution is 0.0723. The Kier molecular flexibility index (Phi) is 5.98.